The first kappa shape index (κ1) is 7.89. The van der Waals surface area contributed by atoms with Crippen LogP contribution >= 0.6 is 12.2 Å². The van der Waals surface area contributed by atoms with Crippen LogP contribution in [0.15, 0.2) is 0 Å². The summed E-state index contributed by atoms with van der Waals surface area (Å²) >= 11 is 4.83. The molecule has 0 N–H and O–H groups in total. The first-order valence-electron chi connectivity index (χ1n) is 2.83. The Morgan fingerprint density at radius 2 is 1.88 bits per heavy atom. The minimum atomic E-state index is 0.745. The molecule has 8 heavy (non-hydrogen) atoms. The molecule has 0 aliphatic heterocycles. The molecule has 0 heterocycles. The van der Waals surface area contributed by atoms with E-state index >= 15 is 0 Å². The molecule has 0 bridgehead atoms. The van der Waals surface area contributed by atoms with Crippen LogP contribution in [0.1, 0.15) is 13.8 Å². The van der Waals surface area contributed by atoms with Crippen LogP contribution in [-0.4, -0.2) is 23.0 Å². The Balaban J connectivity index is 3.52. The molecule has 47 valence electrons. The third-order valence-electron chi connectivity index (χ3n) is 1.12. The standard InChI is InChI=1S/C6H12NS/c1-4-7(5-2)6(3)8/h3-5H2,1-2H3. The van der Waals surface area contributed by atoms with Crippen molar-refractivity contribution < 1.29 is 0 Å². The van der Waals surface area contributed by atoms with E-state index in [1.165, 1.54) is 0 Å². The van der Waals surface area contributed by atoms with E-state index in [1.54, 1.807) is 0 Å². The molecule has 1 radical (unpaired) electrons. The van der Waals surface area contributed by atoms with Crippen molar-refractivity contribution in [1.82, 2.24) is 4.90 Å². The Bertz CT molecular complexity index is 76.6. The van der Waals surface area contributed by atoms with Crippen molar-refractivity contribution in [3.05, 3.63) is 6.92 Å². The SMILES string of the molecule is [CH2]C(=S)N(CC)CC. The summed E-state index contributed by atoms with van der Waals surface area (Å²) in [6.45, 7) is 9.72. The predicted molar refractivity (Wildman–Crippen MR) is 40.9 cm³/mol. The van der Waals surface area contributed by atoms with Crippen molar-refractivity contribution in [1.29, 1.82) is 0 Å². The van der Waals surface area contributed by atoms with E-state index < -0.39 is 0 Å². The van der Waals surface area contributed by atoms with Gasteiger partial charge >= 0.3 is 0 Å². The van der Waals surface area contributed by atoms with Crippen LogP contribution in [0.5, 0.6) is 0 Å². The molecule has 0 saturated heterocycles. The summed E-state index contributed by atoms with van der Waals surface area (Å²) in [6, 6.07) is 0. The molecule has 0 atom stereocenters. The fourth-order valence-electron chi connectivity index (χ4n) is 0.576. The van der Waals surface area contributed by atoms with E-state index in [-0.39, 0.29) is 0 Å². The summed E-state index contributed by atoms with van der Waals surface area (Å²) in [7, 11) is 0. The topological polar surface area (TPSA) is 3.24 Å². The average molecular weight is 130 g/mol. The van der Waals surface area contributed by atoms with E-state index in [0.29, 0.717) is 0 Å². The maximum absolute atomic E-state index is 4.83. The first-order valence-corrected chi connectivity index (χ1v) is 3.24. The largest absolute Gasteiger partial charge is 0.367 e. The molecule has 0 rings (SSSR count). The lowest BCUT2D eigenvalue weighted by atomic mass is 10.5. The minimum Gasteiger partial charge on any atom is -0.367 e. The lowest BCUT2D eigenvalue weighted by Gasteiger charge is -2.17. The van der Waals surface area contributed by atoms with Crippen LogP contribution < -0.4 is 0 Å². The number of hydrogen-bond acceptors (Lipinski definition) is 1. The van der Waals surface area contributed by atoms with E-state index in [0.717, 1.165) is 18.1 Å². The van der Waals surface area contributed by atoms with Crippen LogP contribution in [-0.2, 0) is 0 Å². The zero-order valence-electron chi connectivity index (χ0n) is 5.48. The van der Waals surface area contributed by atoms with E-state index in [1.807, 2.05) is 4.90 Å². The third kappa shape index (κ3) is 2.26. The summed E-state index contributed by atoms with van der Waals surface area (Å²) in [5, 5.41) is 0. The van der Waals surface area contributed by atoms with Gasteiger partial charge in [0.05, 0.1) is 4.99 Å². The van der Waals surface area contributed by atoms with Gasteiger partial charge in [-0.15, -0.1) is 0 Å². The molecule has 0 aromatic carbocycles. The van der Waals surface area contributed by atoms with Crippen LogP contribution in [0.4, 0.5) is 0 Å². The third-order valence-corrected chi connectivity index (χ3v) is 1.37. The highest BCUT2D eigenvalue weighted by atomic mass is 32.1. The molecule has 0 aliphatic rings. The van der Waals surface area contributed by atoms with Gasteiger partial charge in [-0.05, 0) is 13.8 Å². The van der Waals surface area contributed by atoms with Crippen molar-refractivity contribution in [2.24, 2.45) is 0 Å². The second kappa shape index (κ2) is 3.84. The molecule has 2 heteroatoms. The van der Waals surface area contributed by atoms with Gasteiger partial charge in [-0.3, -0.25) is 0 Å². The molecule has 0 spiro atoms. The van der Waals surface area contributed by atoms with Crippen molar-refractivity contribution in [2.45, 2.75) is 13.8 Å². The van der Waals surface area contributed by atoms with Crippen molar-refractivity contribution in [2.75, 3.05) is 13.1 Å². The molecule has 0 saturated carbocycles. The van der Waals surface area contributed by atoms with Crippen molar-refractivity contribution in [3.63, 3.8) is 0 Å². The summed E-state index contributed by atoms with van der Waals surface area (Å²) < 4.78 is 0. The molecule has 0 fully saturated rings. The van der Waals surface area contributed by atoms with Gasteiger partial charge in [0.15, 0.2) is 0 Å². The number of thiocarbonyl (C=S) groups is 1. The minimum absolute atomic E-state index is 0.745. The van der Waals surface area contributed by atoms with Crippen molar-refractivity contribution in [3.8, 4) is 0 Å². The number of rotatable bonds is 2. The quantitative estimate of drug-likeness (QED) is 0.521. The summed E-state index contributed by atoms with van der Waals surface area (Å²) in [5.41, 5.74) is 0. The maximum atomic E-state index is 4.83. The molecule has 1 nitrogen and oxygen atoms in total. The Morgan fingerprint density at radius 3 is 1.88 bits per heavy atom. The van der Waals surface area contributed by atoms with Crippen LogP contribution in [0, 0.1) is 6.92 Å². The highest BCUT2D eigenvalue weighted by Gasteiger charge is 1.95. The van der Waals surface area contributed by atoms with Gasteiger partial charge in [-0.25, -0.2) is 0 Å². The van der Waals surface area contributed by atoms with E-state index in [9.17, 15) is 0 Å². The number of hydrogen-bond donors (Lipinski definition) is 0. The monoisotopic (exact) mass is 130 g/mol. The van der Waals surface area contributed by atoms with E-state index in [4.69, 9.17) is 12.2 Å². The zero-order chi connectivity index (χ0) is 6.57. The average Bonchev–Trinajstić information content (AvgIpc) is 1.69. The predicted octanol–water partition coefficient (Wildman–Crippen LogP) is 1.49. The molecule has 0 aromatic rings. The first-order chi connectivity index (χ1) is 3.72. The smallest absolute Gasteiger partial charge is 0.0783 e. The Hall–Kier alpha value is -0.110. The summed E-state index contributed by atoms with van der Waals surface area (Å²) in [6.07, 6.45) is 0. The lowest BCUT2D eigenvalue weighted by molar-refractivity contribution is 0.476. The molecule has 0 amide bonds. The van der Waals surface area contributed by atoms with E-state index in [2.05, 4.69) is 20.8 Å². The van der Waals surface area contributed by atoms with Gasteiger partial charge in [0.1, 0.15) is 0 Å². The Labute approximate surface area is 56.7 Å². The second-order valence-electron chi connectivity index (χ2n) is 1.57. The highest BCUT2D eigenvalue weighted by molar-refractivity contribution is 7.80. The molecule has 0 aliphatic carbocycles. The summed E-state index contributed by atoms with van der Waals surface area (Å²) in [4.78, 5) is 2.78. The maximum Gasteiger partial charge on any atom is 0.0783 e. The van der Waals surface area contributed by atoms with Gasteiger partial charge in [0.25, 0.3) is 0 Å². The molecular formula is C6H12NS. The molecular weight excluding hydrogens is 118 g/mol. The fourth-order valence-corrected chi connectivity index (χ4v) is 0.835. The van der Waals surface area contributed by atoms with Crippen LogP contribution in [0.2, 0.25) is 0 Å². The van der Waals surface area contributed by atoms with Crippen LogP contribution in [0.25, 0.3) is 0 Å². The zero-order valence-corrected chi connectivity index (χ0v) is 6.29. The highest BCUT2D eigenvalue weighted by Crippen LogP contribution is 1.87. The van der Waals surface area contributed by atoms with Gasteiger partial charge in [-0.1, -0.05) is 12.2 Å². The van der Waals surface area contributed by atoms with Gasteiger partial charge in [0, 0.05) is 20.0 Å². The Morgan fingerprint density at radius 1 is 1.50 bits per heavy atom. The second-order valence-corrected chi connectivity index (χ2v) is 2.04. The lowest BCUT2D eigenvalue weighted by Crippen LogP contribution is -2.26. The fraction of sp³-hybridized carbons (Fsp3) is 0.667. The van der Waals surface area contributed by atoms with Gasteiger partial charge < -0.3 is 4.90 Å². The molecule has 0 aromatic heterocycles. The van der Waals surface area contributed by atoms with Crippen molar-refractivity contribution >= 4 is 17.2 Å². The van der Waals surface area contributed by atoms with Crippen LogP contribution in [0.3, 0.4) is 0 Å². The van der Waals surface area contributed by atoms with Gasteiger partial charge in [0.2, 0.25) is 0 Å². The summed E-state index contributed by atoms with van der Waals surface area (Å²) in [5.74, 6) is 0. The number of nitrogens with zero attached hydrogens (tertiary/aromatic N) is 1. The Kier molecular flexibility index (Phi) is 3.79. The normalized spacial score (nSPS) is 8.88. The molecule has 0 unspecified atom stereocenters. The van der Waals surface area contributed by atoms with Gasteiger partial charge in [-0.2, -0.15) is 0 Å².